The van der Waals surface area contributed by atoms with E-state index in [4.69, 9.17) is 0 Å². The van der Waals surface area contributed by atoms with Crippen molar-refractivity contribution in [3.05, 3.63) is 52.3 Å². The third-order valence-electron chi connectivity index (χ3n) is 6.56. The van der Waals surface area contributed by atoms with Crippen molar-refractivity contribution in [2.24, 2.45) is 0 Å². The average molecular weight is 493 g/mol. The number of benzene rings is 1. The van der Waals surface area contributed by atoms with Crippen LogP contribution in [0.25, 0.3) is 0 Å². The Labute approximate surface area is 197 Å². The van der Waals surface area contributed by atoms with Gasteiger partial charge in [-0.25, -0.2) is 17.6 Å². The molecule has 0 spiro atoms. The molecule has 1 aromatic carbocycles. The number of nitrogens with zero attached hydrogens (tertiary/aromatic N) is 1. The summed E-state index contributed by atoms with van der Waals surface area (Å²) >= 11 is 0. The summed E-state index contributed by atoms with van der Waals surface area (Å²) < 4.78 is 55.5. The van der Waals surface area contributed by atoms with Crippen molar-refractivity contribution in [1.82, 2.24) is 9.88 Å². The van der Waals surface area contributed by atoms with Crippen LogP contribution in [0.15, 0.2) is 18.2 Å². The lowest BCUT2D eigenvalue weighted by Crippen LogP contribution is -2.67. The quantitative estimate of drug-likeness (QED) is 0.349. The molecule has 0 radical (unpaired) electrons. The Hall–Kier alpha value is -3.50. The van der Waals surface area contributed by atoms with Gasteiger partial charge in [0.15, 0.2) is 17.4 Å². The molecule has 1 fully saturated rings. The van der Waals surface area contributed by atoms with Gasteiger partial charge in [0.2, 0.25) is 0 Å². The van der Waals surface area contributed by atoms with E-state index in [-0.39, 0.29) is 28.9 Å². The number of aromatic nitrogens is 1. The Bertz CT molecular complexity index is 1260. The van der Waals surface area contributed by atoms with E-state index in [0.717, 1.165) is 12.1 Å². The number of carbonyl (C=O) groups is 4. The summed E-state index contributed by atoms with van der Waals surface area (Å²) in [6.07, 6.45) is -0.849. The minimum Gasteiger partial charge on any atom is -0.340 e. The number of amides is 2. The fourth-order valence-corrected chi connectivity index (χ4v) is 4.99. The van der Waals surface area contributed by atoms with Crippen molar-refractivity contribution in [1.29, 1.82) is 0 Å². The van der Waals surface area contributed by atoms with Crippen LogP contribution >= 0.6 is 0 Å². The van der Waals surface area contributed by atoms with E-state index in [9.17, 15) is 36.7 Å². The predicted octanol–water partition coefficient (Wildman–Crippen LogP) is 3.72. The summed E-state index contributed by atoms with van der Waals surface area (Å²) in [6, 6.07) is 2.85. The number of carbonyl (C=O) groups excluding carboxylic acids is 4. The summed E-state index contributed by atoms with van der Waals surface area (Å²) in [7, 11) is 0. The number of ketones is 2. The van der Waals surface area contributed by atoms with Crippen LogP contribution in [-0.4, -0.2) is 39.4 Å². The summed E-state index contributed by atoms with van der Waals surface area (Å²) in [5.41, 5.74) is -1.12. The molecule has 1 aliphatic carbocycles. The molecule has 2 aliphatic rings. The van der Waals surface area contributed by atoms with Crippen molar-refractivity contribution in [2.45, 2.75) is 64.0 Å². The molecular weight excluding hydrogens is 470 g/mol. The van der Waals surface area contributed by atoms with Gasteiger partial charge in [-0.05, 0) is 37.5 Å². The Morgan fingerprint density at radius 2 is 1.77 bits per heavy atom. The maximum atomic E-state index is 13.6. The van der Waals surface area contributed by atoms with E-state index in [0.29, 0.717) is 25.1 Å². The number of fused-ring (bicyclic) bond motifs is 1. The molecule has 7 nitrogen and oxygen atoms in total. The highest BCUT2D eigenvalue weighted by atomic mass is 19.3. The third kappa shape index (κ3) is 4.23. The van der Waals surface area contributed by atoms with Gasteiger partial charge in [-0.3, -0.25) is 19.2 Å². The summed E-state index contributed by atoms with van der Waals surface area (Å²) in [6.45, 7) is 3.34. The van der Waals surface area contributed by atoms with Gasteiger partial charge >= 0.3 is 0 Å². The van der Waals surface area contributed by atoms with E-state index in [1.165, 1.54) is 19.9 Å². The van der Waals surface area contributed by atoms with Crippen LogP contribution < -0.4 is 10.6 Å². The van der Waals surface area contributed by atoms with Crippen molar-refractivity contribution in [2.75, 3.05) is 5.32 Å². The number of Topliss-reactive ketones (excluding diaryl/α,β-unsaturated/α-hetero) is 2. The Morgan fingerprint density at radius 1 is 1.09 bits per heavy atom. The summed E-state index contributed by atoms with van der Waals surface area (Å²) in [4.78, 5) is 51.3. The van der Waals surface area contributed by atoms with E-state index in [2.05, 4.69) is 10.6 Å². The first-order valence-electron chi connectivity index (χ1n) is 11.2. The lowest BCUT2D eigenvalue weighted by atomic mass is 9.69. The van der Waals surface area contributed by atoms with Gasteiger partial charge in [-0.2, -0.15) is 0 Å². The normalized spacial score (nSPS) is 17.3. The summed E-state index contributed by atoms with van der Waals surface area (Å²) in [5.74, 6) is -8.84. The minimum absolute atomic E-state index is 0.00148. The molecule has 0 atom stereocenters. The molecule has 2 heterocycles. The van der Waals surface area contributed by atoms with Crippen LogP contribution in [0, 0.1) is 18.6 Å². The molecule has 2 amide bonds. The molecule has 35 heavy (non-hydrogen) atoms. The zero-order valence-electron chi connectivity index (χ0n) is 19.1. The topological polar surface area (TPSA) is 97.3 Å². The molecule has 4 rings (SSSR count). The van der Waals surface area contributed by atoms with Crippen LogP contribution in [0.3, 0.4) is 0 Å². The van der Waals surface area contributed by atoms with Crippen LogP contribution in [0.1, 0.15) is 64.7 Å². The highest BCUT2D eigenvalue weighted by molar-refractivity contribution is 6.44. The van der Waals surface area contributed by atoms with Crippen LogP contribution in [0.5, 0.6) is 0 Å². The highest BCUT2D eigenvalue weighted by Crippen LogP contribution is 2.46. The molecule has 1 saturated carbocycles. The van der Waals surface area contributed by atoms with Crippen LogP contribution in [0.4, 0.5) is 23.2 Å². The zero-order chi connectivity index (χ0) is 25.7. The van der Waals surface area contributed by atoms with Crippen molar-refractivity contribution >= 4 is 29.1 Å². The van der Waals surface area contributed by atoms with Gasteiger partial charge < -0.3 is 15.2 Å². The smallest absolute Gasteiger partial charge is 0.293 e. The summed E-state index contributed by atoms with van der Waals surface area (Å²) in [5, 5.41) is 4.70. The van der Waals surface area contributed by atoms with Gasteiger partial charge in [0, 0.05) is 43.3 Å². The fraction of sp³-hybridized carbons (Fsp3) is 0.417. The number of hydrogen-bond donors (Lipinski definition) is 2. The number of rotatable bonds is 7. The SMILES string of the molecule is CCC(=O)C1(NC(=O)C(=O)c2c(C)c(C(=O)Nc3ccc(F)c(F)c3)n3c2CCC3)CC(F)(F)C1. The molecule has 1 aromatic heterocycles. The van der Waals surface area contributed by atoms with E-state index >= 15 is 0 Å². The second kappa shape index (κ2) is 8.62. The first kappa shape index (κ1) is 24.6. The number of nitrogens with one attached hydrogen (secondary N) is 2. The van der Waals surface area contributed by atoms with Crippen molar-refractivity contribution < 1.29 is 36.7 Å². The highest BCUT2D eigenvalue weighted by Gasteiger charge is 2.61. The number of alkyl halides is 2. The van der Waals surface area contributed by atoms with E-state index in [1.54, 1.807) is 4.57 Å². The monoisotopic (exact) mass is 493 g/mol. The largest absolute Gasteiger partial charge is 0.340 e. The van der Waals surface area contributed by atoms with Crippen LogP contribution in [0.2, 0.25) is 0 Å². The third-order valence-corrected chi connectivity index (χ3v) is 6.56. The predicted molar refractivity (Wildman–Crippen MR) is 116 cm³/mol. The Balaban J connectivity index is 1.62. The molecule has 2 aromatic rings. The lowest BCUT2D eigenvalue weighted by molar-refractivity contribution is -0.163. The van der Waals surface area contributed by atoms with Gasteiger partial charge in [0.05, 0.1) is 5.56 Å². The molecule has 0 unspecified atom stereocenters. The van der Waals surface area contributed by atoms with Gasteiger partial charge in [0.1, 0.15) is 11.2 Å². The first-order valence-corrected chi connectivity index (χ1v) is 11.2. The molecule has 186 valence electrons. The maximum absolute atomic E-state index is 13.6. The molecule has 0 saturated heterocycles. The van der Waals surface area contributed by atoms with Gasteiger partial charge in [0.25, 0.3) is 23.5 Å². The molecule has 0 bridgehead atoms. The second-order valence-electron chi connectivity index (χ2n) is 8.99. The minimum atomic E-state index is -3.11. The van der Waals surface area contributed by atoms with E-state index < -0.39 is 59.3 Å². The van der Waals surface area contributed by atoms with E-state index in [1.807, 2.05) is 0 Å². The Morgan fingerprint density at radius 3 is 2.37 bits per heavy atom. The standard InChI is InChI=1S/C24H23F4N3O4/c1-3-17(32)23(10-24(27,28)11-23)30-22(35)20(33)18-12(2)19(31-8-4-5-16(18)31)21(34)29-13-6-7-14(25)15(26)9-13/h6-7,9H,3-5,8,10-11H2,1-2H3,(H,29,34)(H,30,35). The number of anilines is 1. The van der Waals surface area contributed by atoms with Gasteiger partial charge in [-0.15, -0.1) is 0 Å². The lowest BCUT2D eigenvalue weighted by Gasteiger charge is -2.46. The average Bonchev–Trinajstić information content (AvgIpc) is 3.33. The molecule has 2 N–H and O–H groups in total. The maximum Gasteiger partial charge on any atom is 0.293 e. The van der Waals surface area contributed by atoms with Gasteiger partial charge in [-0.1, -0.05) is 6.92 Å². The first-order chi connectivity index (χ1) is 16.4. The number of hydrogen-bond acceptors (Lipinski definition) is 4. The zero-order valence-corrected chi connectivity index (χ0v) is 19.1. The fourth-order valence-electron chi connectivity index (χ4n) is 4.99. The second-order valence-corrected chi connectivity index (χ2v) is 8.99. The Kier molecular flexibility index (Phi) is 6.06. The van der Waals surface area contributed by atoms with Crippen LogP contribution in [-0.2, 0) is 22.6 Å². The van der Waals surface area contributed by atoms with Crippen molar-refractivity contribution in [3.63, 3.8) is 0 Å². The molecule has 11 heteroatoms. The number of halogens is 4. The van der Waals surface area contributed by atoms with Crippen molar-refractivity contribution in [3.8, 4) is 0 Å². The molecule has 1 aliphatic heterocycles. The molecular formula is C24H23F4N3O4.